The Morgan fingerprint density at radius 1 is 1.64 bits per heavy atom. The fraction of sp³-hybridized carbons (Fsp3) is 0. The van der Waals surface area contributed by atoms with Gasteiger partial charge in [0.05, 0.1) is 12.4 Å². The number of nitroso groups, excluding NO2 is 1. The molecule has 0 aliphatic rings. The lowest BCUT2D eigenvalue weighted by Crippen LogP contribution is -1.90. The second-order valence-corrected chi connectivity index (χ2v) is 2.64. The lowest BCUT2D eigenvalue weighted by Gasteiger charge is -1.97. The molecule has 0 saturated heterocycles. The molecule has 0 amide bonds. The van der Waals surface area contributed by atoms with E-state index in [9.17, 15) is 10.0 Å². The number of aromatic nitrogens is 2. The lowest BCUT2D eigenvalue weighted by atomic mass is 10.3. The minimum Gasteiger partial charge on any atom is -0.504 e. The summed E-state index contributed by atoms with van der Waals surface area (Å²) in [5, 5.41) is 24.6. The Hall–Kier alpha value is -2.42. The standard InChI is InChI=1S/C8H4N4O2/c9-2-5-3-10-12-4-6(11-14)1-7(12)8(5)13/h1,3-4,13H. The topological polar surface area (TPSA) is 90.8 Å². The van der Waals surface area contributed by atoms with E-state index in [1.54, 1.807) is 6.07 Å². The molecule has 0 bridgehead atoms. The van der Waals surface area contributed by atoms with Crippen LogP contribution in [0.3, 0.4) is 0 Å². The van der Waals surface area contributed by atoms with E-state index in [-0.39, 0.29) is 17.0 Å². The van der Waals surface area contributed by atoms with E-state index in [1.165, 1.54) is 23.0 Å². The maximum absolute atomic E-state index is 10.2. The number of rotatable bonds is 1. The molecule has 0 fully saturated rings. The first-order valence-corrected chi connectivity index (χ1v) is 3.70. The second kappa shape index (κ2) is 2.81. The average Bonchev–Trinajstić information content (AvgIpc) is 2.62. The molecule has 0 spiro atoms. The summed E-state index contributed by atoms with van der Waals surface area (Å²) in [5.41, 5.74) is 0.509. The monoisotopic (exact) mass is 188 g/mol. The Kier molecular flexibility index (Phi) is 1.65. The van der Waals surface area contributed by atoms with Gasteiger partial charge in [0, 0.05) is 0 Å². The van der Waals surface area contributed by atoms with E-state index in [1.807, 2.05) is 0 Å². The van der Waals surface area contributed by atoms with Crippen molar-refractivity contribution in [2.24, 2.45) is 5.18 Å². The van der Waals surface area contributed by atoms with E-state index >= 15 is 0 Å². The zero-order valence-corrected chi connectivity index (χ0v) is 6.88. The van der Waals surface area contributed by atoms with Crippen LogP contribution < -0.4 is 0 Å². The van der Waals surface area contributed by atoms with Crippen LogP contribution in [0.25, 0.3) is 5.52 Å². The van der Waals surface area contributed by atoms with Gasteiger partial charge in [-0.1, -0.05) is 0 Å². The van der Waals surface area contributed by atoms with Gasteiger partial charge >= 0.3 is 0 Å². The second-order valence-electron chi connectivity index (χ2n) is 2.64. The smallest absolute Gasteiger partial charge is 0.160 e. The largest absolute Gasteiger partial charge is 0.504 e. The van der Waals surface area contributed by atoms with Crippen LogP contribution in [0.2, 0.25) is 0 Å². The third kappa shape index (κ3) is 0.998. The van der Waals surface area contributed by atoms with Crippen LogP contribution in [0.5, 0.6) is 5.75 Å². The first-order chi connectivity index (χ1) is 6.76. The molecule has 0 radical (unpaired) electrons. The third-order valence-electron chi connectivity index (χ3n) is 1.82. The van der Waals surface area contributed by atoms with Gasteiger partial charge in [-0.2, -0.15) is 10.4 Å². The summed E-state index contributed by atoms with van der Waals surface area (Å²) >= 11 is 0. The van der Waals surface area contributed by atoms with Gasteiger partial charge < -0.3 is 5.11 Å². The fourth-order valence-electron chi connectivity index (χ4n) is 1.16. The van der Waals surface area contributed by atoms with Crippen LogP contribution in [-0.4, -0.2) is 14.7 Å². The fourth-order valence-corrected chi connectivity index (χ4v) is 1.16. The number of hydrogen-bond acceptors (Lipinski definition) is 5. The van der Waals surface area contributed by atoms with Crippen LogP contribution in [0.4, 0.5) is 5.69 Å². The average molecular weight is 188 g/mol. The zero-order chi connectivity index (χ0) is 10.1. The summed E-state index contributed by atoms with van der Waals surface area (Å²) in [4.78, 5) is 10.2. The first kappa shape index (κ1) is 8.19. The van der Waals surface area contributed by atoms with Gasteiger partial charge in [-0.25, -0.2) is 4.52 Å². The molecule has 14 heavy (non-hydrogen) atoms. The van der Waals surface area contributed by atoms with Crippen molar-refractivity contribution in [2.45, 2.75) is 0 Å². The van der Waals surface area contributed by atoms with Crippen molar-refractivity contribution in [1.29, 1.82) is 5.26 Å². The van der Waals surface area contributed by atoms with Crippen molar-refractivity contribution in [2.75, 3.05) is 0 Å². The summed E-state index contributed by atoms with van der Waals surface area (Å²) < 4.78 is 1.28. The van der Waals surface area contributed by atoms with Crippen LogP contribution in [0, 0.1) is 16.2 Å². The van der Waals surface area contributed by atoms with E-state index in [0.717, 1.165) is 0 Å². The molecule has 0 saturated carbocycles. The SMILES string of the molecule is N#Cc1cnn2cc(N=O)cc2c1O. The summed E-state index contributed by atoms with van der Waals surface area (Å²) in [5.74, 6) is -0.197. The maximum Gasteiger partial charge on any atom is 0.160 e. The molecule has 0 aliphatic carbocycles. The highest BCUT2D eigenvalue weighted by Crippen LogP contribution is 2.26. The molecule has 0 atom stereocenters. The molecule has 2 aromatic rings. The summed E-state index contributed by atoms with van der Waals surface area (Å²) in [6.45, 7) is 0. The Bertz CT molecular complexity index is 552. The van der Waals surface area contributed by atoms with Crippen LogP contribution in [-0.2, 0) is 0 Å². The molecular weight excluding hydrogens is 184 g/mol. The van der Waals surface area contributed by atoms with Crippen molar-refractivity contribution >= 4 is 11.2 Å². The van der Waals surface area contributed by atoms with Gasteiger partial charge in [0.15, 0.2) is 5.75 Å². The van der Waals surface area contributed by atoms with Crippen molar-refractivity contribution in [1.82, 2.24) is 9.61 Å². The molecule has 0 aromatic carbocycles. The number of nitrogens with zero attached hydrogens (tertiary/aromatic N) is 4. The van der Waals surface area contributed by atoms with Gasteiger partial charge in [-0.15, -0.1) is 4.91 Å². The maximum atomic E-state index is 10.2. The van der Waals surface area contributed by atoms with Gasteiger partial charge in [0.1, 0.15) is 22.8 Å². The zero-order valence-electron chi connectivity index (χ0n) is 6.88. The summed E-state index contributed by atoms with van der Waals surface area (Å²) in [7, 11) is 0. The third-order valence-corrected chi connectivity index (χ3v) is 1.82. The van der Waals surface area contributed by atoms with E-state index in [0.29, 0.717) is 5.52 Å². The Labute approximate surface area is 78.0 Å². The van der Waals surface area contributed by atoms with Crippen LogP contribution >= 0.6 is 0 Å². The minimum absolute atomic E-state index is 0.0630. The Morgan fingerprint density at radius 2 is 2.43 bits per heavy atom. The highest BCUT2D eigenvalue weighted by atomic mass is 16.3. The molecule has 68 valence electrons. The molecule has 2 heterocycles. The molecule has 1 N–H and O–H groups in total. The van der Waals surface area contributed by atoms with Gasteiger partial charge in [-0.05, 0) is 11.2 Å². The minimum atomic E-state index is -0.197. The number of hydrogen-bond donors (Lipinski definition) is 1. The predicted molar refractivity (Wildman–Crippen MR) is 47.0 cm³/mol. The van der Waals surface area contributed by atoms with E-state index in [4.69, 9.17) is 5.26 Å². The van der Waals surface area contributed by atoms with Crippen LogP contribution in [0.1, 0.15) is 5.56 Å². The molecule has 2 aromatic heterocycles. The predicted octanol–water partition coefficient (Wildman–Crippen LogP) is 1.31. The van der Waals surface area contributed by atoms with Crippen molar-refractivity contribution in [3.05, 3.63) is 28.9 Å². The molecule has 0 aliphatic heterocycles. The normalized spacial score (nSPS) is 9.93. The first-order valence-electron chi connectivity index (χ1n) is 3.70. The summed E-state index contributed by atoms with van der Waals surface area (Å²) in [6.07, 6.45) is 2.58. The highest BCUT2D eigenvalue weighted by molar-refractivity contribution is 5.69. The molecule has 0 unspecified atom stereocenters. The molecule has 6 nitrogen and oxygen atoms in total. The van der Waals surface area contributed by atoms with Crippen LogP contribution in [0.15, 0.2) is 23.6 Å². The quantitative estimate of drug-likeness (QED) is 0.683. The van der Waals surface area contributed by atoms with Gasteiger partial charge in [0.2, 0.25) is 0 Å². The molecular formula is C8H4N4O2. The number of fused-ring (bicyclic) bond motifs is 1. The summed E-state index contributed by atoms with van der Waals surface area (Å²) in [6, 6.07) is 3.14. The number of aromatic hydroxyl groups is 1. The van der Waals surface area contributed by atoms with E-state index in [2.05, 4.69) is 10.3 Å². The van der Waals surface area contributed by atoms with Crippen molar-refractivity contribution in [3.63, 3.8) is 0 Å². The molecule has 6 heteroatoms. The Balaban J connectivity index is 2.83. The van der Waals surface area contributed by atoms with Crippen molar-refractivity contribution < 1.29 is 5.11 Å². The van der Waals surface area contributed by atoms with E-state index < -0.39 is 0 Å². The highest BCUT2D eigenvalue weighted by Gasteiger charge is 2.09. The lowest BCUT2D eigenvalue weighted by molar-refractivity contribution is 0.475. The van der Waals surface area contributed by atoms with Gasteiger partial charge in [0.25, 0.3) is 0 Å². The van der Waals surface area contributed by atoms with Gasteiger partial charge in [-0.3, -0.25) is 0 Å². The van der Waals surface area contributed by atoms with Crippen molar-refractivity contribution in [3.8, 4) is 11.8 Å². The molecule has 2 rings (SSSR count). The Morgan fingerprint density at radius 3 is 3.07 bits per heavy atom. The number of nitriles is 1.